The lowest BCUT2D eigenvalue weighted by molar-refractivity contribution is 0.0531. The van der Waals surface area contributed by atoms with Crippen molar-refractivity contribution < 1.29 is 9.53 Å². The molecule has 0 aliphatic carbocycles. The lowest BCUT2D eigenvalue weighted by atomic mass is 9.73. The summed E-state index contributed by atoms with van der Waals surface area (Å²) in [5, 5.41) is 1.24. The third kappa shape index (κ3) is 4.26. The number of nitrogens with zero attached hydrogens (tertiary/aromatic N) is 2. The molecule has 1 fully saturated rings. The molecule has 0 radical (unpaired) electrons. The van der Waals surface area contributed by atoms with Crippen molar-refractivity contribution in [2.45, 2.75) is 57.8 Å². The van der Waals surface area contributed by atoms with E-state index in [1.165, 1.54) is 27.6 Å². The van der Waals surface area contributed by atoms with Crippen molar-refractivity contribution >= 4 is 22.6 Å². The minimum absolute atomic E-state index is 0.230. The minimum atomic E-state index is -0.392. The Hall–Kier alpha value is -2.79. The number of urea groups is 1. The first-order valence-electron chi connectivity index (χ1n) is 12.1. The summed E-state index contributed by atoms with van der Waals surface area (Å²) < 4.78 is 7.99. The number of rotatable bonds is 6. The number of nitrogens with two attached hydrogens (primary N) is 1. The second-order valence-electron chi connectivity index (χ2n) is 10.1. The largest absolute Gasteiger partial charge is 0.381 e. The maximum atomic E-state index is 13.1. The van der Waals surface area contributed by atoms with Gasteiger partial charge >= 0.3 is 6.03 Å². The fourth-order valence-electron chi connectivity index (χ4n) is 5.43. The fourth-order valence-corrected chi connectivity index (χ4v) is 5.43. The van der Waals surface area contributed by atoms with E-state index in [4.69, 9.17) is 10.5 Å². The smallest absolute Gasteiger partial charge is 0.319 e. The first kappa shape index (κ1) is 23.4. The van der Waals surface area contributed by atoms with E-state index in [1.807, 2.05) is 4.90 Å². The van der Waals surface area contributed by atoms with Gasteiger partial charge in [-0.2, -0.15) is 0 Å². The van der Waals surface area contributed by atoms with Crippen LogP contribution in [0.4, 0.5) is 10.5 Å². The van der Waals surface area contributed by atoms with Crippen LogP contribution in [0.2, 0.25) is 0 Å². The predicted molar refractivity (Wildman–Crippen MR) is 136 cm³/mol. The standard InChI is InChI=1S/C28H37N3O2/c1-19(2)21-10-8-11-22(20(3)4)26(21)31(27(29)32)18-28(13-15-33-16-14-28)24-17-30(5)25-12-7-6-9-23(24)25/h6-12,17,19-20H,13-16,18H2,1-5H3,(H2,29,32). The van der Waals surface area contributed by atoms with Crippen LogP contribution in [0.1, 0.15) is 69.1 Å². The quantitative estimate of drug-likeness (QED) is 0.499. The third-order valence-corrected chi connectivity index (χ3v) is 7.26. The summed E-state index contributed by atoms with van der Waals surface area (Å²) in [7, 11) is 2.09. The number of carbonyl (C=O) groups is 1. The molecule has 176 valence electrons. The van der Waals surface area contributed by atoms with Gasteiger partial charge < -0.3 is 15.0 Å². The molecule has 1 saturated heterocycles. The number of aromatic nitrogens is 1. The van der Waals surface area contributed by atoms with Crippen molar-refractivity contribution in [2.75, 3.05) is 24.7 Å². The fraction of sp³-hybridized carbons (Fsp3) is 0.464. The zero-order valence-corrected chi connectivity index (χ0v) is 20.6. The molecule has 5 nitrogen and oxygen atoms in total. The predicted octanol–water partition coefficient (Wildman–Crippen LogP) is 6.06. The van der Waals surface area contributed by atoms with Crippen LogP contribution in [0.3, 0.4) is 0 Å². The highest BCUT2D eigenvalue weighted by atomic mass is 16.5. The number of primary amides is 1. The van der Waals surface area contributed by atoms with Crippen molar-refractivity contribution in [3.8, 4) is 0 Å². The van der Waals surface area contributed by atoms with Crippen LogP contribution in [0.5, 0.6) is 0 Å². The summed E-state index contributed by atoms with van der Waals surface area (Å²) in [4.78, 5) is 14.9. The van der Waals surface area contributed by atoms with E-state index >= 15 is 0 Å². The molecule has 3 aromatic rings. The average molecular weight is 448 g/mol. The van der Waals surface area contributed by atoms with Gasteiger partial charge in [-0.05, 0) is 47.4 Å². The normalized spacial score (nSPS) is 16.0. The van der Waals surface area contributed by atoms with Gasteiger partial charge in [-0.15, -0.1) is 0 Å². The van der Waals surface area contributed by atoms with Crippen molar-refractivity contribution in [1.82, 2.24) is 4.57 Å². The van der Waals surface area contributed by atoms with Gasteiger partial charge in [0.1, 0.15) is 0 Å². The van der Waals surface area contributed by atoms with Crippen molar-refractivity contribution in [1.29, 1.82) is 0 Å². The van der Waals surface area contributed by atoms with E-state index < -0.39 is 6.03 Å². The van der Waals surface area contributed by atoms with Crippen LogP contribution in [0, 0.1) is 0 Å². The molecule has 0 bridgehead atoms. The van der Waals surface area contributed by atoms with Gasteiger partial charge in [0, 0.05) is 49.3 Å². The molecule has 1 aliphatic heterocycles. The summed E-state index contributed by atoms with van der Waals surface area (Å²) in [6.45, 7) is 10.6. The molecule has 2 amide bonds. The molecule has 4 rings (SSSR count). The number of hydrogen-bond donors (Lipinski definition) is 1. The van der Waals surface area contributed by atoms with E-state index in [0.717, 1.165) is 18.5 Å². The molecule has 0 atom stereocenters. The summed E-state index contributed by atoms with van der Waals surface area (Å²) in [5.74, 6) is 0.562. The van der Waals surface area contributed by atoms with Gasteiger partial charge in [-0.3, -0.25) is 4.90 Å². The number of carbonyl (C=O) groups excluding carboxylic acids is 1. The van der Waals surface area contributed by atoms with Crippen LogP contribution in [-0.2, 0) is 17.2 Å². The van der Waals surface area contributed by atoms with Crippen LogP contribution in [0.25, 0.3) is 10.9 Å². The first-order chi connectivity index (χ1) is 15.7. The molecular weight excluding hydrogens is 410 g/mol. The monoisotopic (exact) mass is 447 g/mol. The number of benzene rings is 2. The van der Waals surface area contributed by atoms with E-state index in [1.54, 1.807) is 0 Å². The van der Waals surface area contributed by atoms with Crippen LogP contribution in [-0.4, -0.2) is 30.4 Å². The lowest BCUT2D eigenvalue weighted by Gasteiger charge is -2.42. The molecule has 0 unspecified atom stereocenters. The average Bonchev–Trinajstić information content (AvgIpc) is 3.15. The Morgan fingerprint density at radius 1 is 1.03 bits per heavy atom. The molecule has 0 saturated carbocycles. The van der Waals surface area contributed by atoms with Gasteiger partial charge in [0.25, 0.3) is 0 Å². The highest BCUT2D eigenvalue weighted by molar-refractivity contribution is 5.93. The van der Waals surface area contributed by atoms with Crippen molar-refractivity contribution in [2.24, 2.45) is 12.8 Å². The highest BCUT2D eigenvalue weighted by Gasteiger charge is 2.40. The van der Waals surface area contributed by atoms with E-state index in [-0.39, 0.29) is 17.3 Å². The van der Waals surface area contributed by atoms with Crippen molar-refractivity contribution in [3.05, 3.63) is 65.4 Å². The summed E-state index contributed by atoms with van der Waals surface area (Å²) >= 11 is 0. The van der Waals surface area contributed by atoms with Crippen molar-refractivity contribution in [3.63, 3.8) is 0 Å². The Bertz CT molecular complexity index is 1110. The molecular formula is C28H37N3O2. The number of amides is 2. The molecule has 1 aromatic heterocycles. The van der Waals surface area contributed by atoms with Gasteiger partial charge in [0.2, 0.25) is 0 Å². The molecule has 0 spiro atoms. The molecule has 2 heterocycles. The highest BCUT2D eigenvalue weighted by Crippen LogP contribution is 2.43. The Morgan fingerprint density at radius 3 is 2.21 bits per heavy atom. The van der Waals surface area contributed by atoms with Gasteiger partial charge in [0.15, 0.2) is 0 Å². The van der Waals surface area contributed by atoms with E-state index in [0.29, 0.717) is 19.8 Å². The minimum Gasteiger partial charge on any atom is -0.381 e. The third-order valence-electron chi connectivity index (χ3n) is 7.26. The topological polar surface area (TPSA) is 60.5 Å². The lowest BCUT2D eigenvalue weighted by Crippen LogP contribution is -2.49. The number of para-hydroxylation sites is 2. The second kappa shape index (κ2) is 9.22. The Kier molecular flexibility index (Phi) is 6.53. The Balaban J connectivity index is 1.90. The SMILES string of the molecule is CC(C)c1cccc(C(C)C)c1N(CC1(c2cn(C)c3ccccc23)CCOCC1)C(N)=O. The zero-order chi connectivity index (χ0) is 23.8. The summed E-state index contributed by atoms with van der Waals surface area (Å²) in [5.41, 5.74) is 11.7. The number of anilines is 1. The molecule has 1 aliphatic rings. The van der Waals surface area contributed by atoms with Gasteiger partial charge in [0.05, 0.1) is 5.69 Å². The number of fused-ring (bicyclic) bond motifs is 1. The zero-order valence-electron chi connectivity index (χ0n) is 20.6. The Morgan fingerprint density at radius 2 is 1.64 bits per heavy atom. The van der Waals surface area contributed by atoms with Gasteiger partial charge in [-0.1, -0.05) is 64.1 Å². The van der Waals surface area contributed by atoms with Crippen LogP contribution >= 0.6 is 0 Å². The van der Waals surface area contributed by atoms with Crippen LogP contribution < -0.4 is 10.6 Å². The molecule has 2 N–H and O–H groups in total. The molecule has 2 aromatic carbocycles. The summed E-state index contributed by atoms with van der Waals surface area (Å²) in [6, 6.07) is 14.5. The maximum Gasteiger partial charge on any atom is 0.319 e. The first-order valence-corrected chi connectivity index (χ1v) is 12.1. The number of ether oxygens (including phenoxy) is 1. The Labute approximate surface area is 197 Å². The molecule has 33 heavy (non-hydrogen) atoms. The number of aryl methyl sites for hydroxylation is 1. The molecule has 5 heteroatoms. The maximum absolute atomic E-state index is 13.1. The van der Waals surface area contributed by atoms with E-state index in [9.17, 15) is 4.79 Å². The summed E-state index contributed by atoms with van der Waals surface area (Å²) in [6.07, 6.45) is 3.95. The second-order valence-corrected chi connectivity index (χ2v) is 10.1. The number of hydrogen-bond acceptors (Lipinski definition) is 2. The van der Waals surface area contributed by atoms with E-state index in [2.05, 4.69) is 88.0 Å². The van der Waals surface area contributed by atoms with Gasteiger partial charge in [-0.25, -0.2) is 4.79 Å². The van der Waals surface area contributed by atoms with Crippen LogP contribution in [0.15, 0.2) is 48.7 Å².